The smallest absolute Gasteiger partial charge is 0.163 e. The molecular weight excluding hydrogens is 448 g/mol. The number of carbonyl (C=O) groups is 1. The lowest BCUT2D eigenvalue weighted by Crippen LogP contribution is -2.27. The molecule has 2 atom stereocenters. The van der Waals surface area contributed by atoms with Crippen molar-refractivity contribution in [2.24, 2.45) is 0 Å². The monoisotopic (exact) mass is 482 g/mol. The molecule has 0 amide bonds. The molecule has 2 N–H and O–H groups in total. The maximum atomic E-state index is 13.8. The van der Waals surface area contributed by atoms with Crippen LogP contribution in [0.25, 0.3) is 0 Å². The summed E-state index contributed by atoms with van der Waals surface area (Å²) in [5.41, 5.74) is 7.28. The van der Waals surface area contributed by atoms with Crippen LogP contribution in [0.15, 0.2) is 78.0 Å². The Kier molecular flexibility index (Phi) is 6.73. The SMILES string of the molecule is CCOc1ccc([C@H]2CC(=O)C3=C(C2)Nc2ccccc2N[C@@H]3c2ccc(C(C)C)cc2)cc1OC. The number of para-hydroxylation sites is 2. The number of methoxy groups -OCH3 is 1. The summed E-state index contributed by atoms with van der Waals surface area (Å²) in [6.45, 7) is 6.92. The molecule has 1 aliphatic heterocycles. The Labute approximate surface area is 213 Å². The minimum Gasteiger partial charge on any atom is -0.493 e. The second kappa shape index (κ2) is 10.1. The van der Waals surface area contributed by atoms with E-state index in [1.165, 1.54) is 5.56 Å². The number of nitrogens with one attached hydrogen (secondary N) is 2. The van der Waals surface area contributed by atoms with E-state index in [0.29, 0.717) is 24.7 Å². The molecule has 1 heterocycles. The topological polar surface area (TPSA) is 59.6 Å². The van der Waals surface area contributed by atoms with Crippen molar-refractivity contribution in [3.8, 4) is 11.5 Å². The average Bonchev–Trinajstić information content (AvgIpc) is 3.06. The molecule has 5 heteroatoms. The summed E-state index contributed by atoms with van der Waals surface area (Å²) in [7, 11) is 1.65. The van der Waals surface area contributed by atoms with E-state index in [1.54, 1.807) is 7.11 Å². The van der Waals surface area contributed by atoms with E-state index in [-0.39, 0.29) is 17.7 Å². The van der Waals surface area contributed by atoms with Crippen LogP contribution in [0.1, 0.15) is 68.2 Å². The highest BCUT2D eigenvalue weighted by molar-refractivity contribution is 6.01. The van der Waals surface area contributed by atoms with Gasteiger partial charge in [0.05, 0.1) is 31.1 Å². The third-order valence-electron chi connectivity index (χ3n) is 7.20. The van der Waals surface area contributed by atoms with Crippen LogP contribution in [-0.2, 0) is 4.79 Å². The first-order valence-electron chi connectivity index (χ1n) is 12.8. The fourth-order valence-corrected chi connectivity index (χ4v) is 5.26. The van der Waals surface area contributed by atoms with Crippen molar-refractivity contribution >= 4 is 17.2 Å². The second-order valence-electron chi connectivity index (χ2n) is 9.83. The van der Waals surface area contributed by atoms with E-state index >= 15 is 0 Å². The first-order valence-corrected chi connectivity index (χ1v) is 12.8. The third kappa shape index (κ3) is 4.58. The highest BCUT2D eigenvalue weighted by Crippen LogP contribution is 2.45. The van der Waals surface area contributed by atoms with E-state index in [1.807, 2.05) is 31.2 Å². The van der Waals surface area contributed by atoms with Crippen molar-refractivity contribution in [1.29, 1.82) is 0 Å². The van der Waals surface area contributed by atoms with E-state index in [2.05, 4.69) is 66.9 Å². The van der Waals surface area contributed by atoms with Crippen LogP contribution in [0, 0.1) is 0 Å². The Morgan fingerprint density at radius 3 is 2.33 bits per heavy atom. The van der Waals surface area contributed by atoms with Crippen LogP contribution in [0.2, 0.25) is 0 Å². The first-order chi connectivity index (χ1) is 17.5. The Hall–Kier alpha value is -3.73. The molecule has 1 aliphatic carbocycles. The Morgan fingerprint density at radius 1 is 0.917 bits per heavy atom. The predicted molar refractivity (Wildman–Crippen MR) is 145 cm³/mol. The number of allylic oxidation sites excluding steroid dienone is 1. The second-order valence-corrected chi connectivity index (χ2v) is 9.83. The summed E-state index contributed by atoms with van der Waals surface area (Å²) in [5.74, 6) is 2.11. The minimum absolute atomic E-state index is 0.0579. The maximum Gasteiger partial charge on any atom is 0.163 e. The van der Waals surface area contributed by atoms with Gasteiger partial charge in [-0.25, -0.2) is 0 Å². The maximum absolute atomic E-state index is 13.8. The van der Waals surface area contributed by atoms with Crippen molar-refractivity contribution in [3.63, 3.8) is 0 Å². The van der Waals surface area contributed by atoms with Gasteiger partial charge in [0.25, 0.3) is 0 Å². The Balaban J connectivity index is 1.54. The van der Waals surface area contributed by atoms with Gasteiger partial charge in [-0.3, -0.25) is 4.79 Å². The number of rotatable bonds is 6. The van der Waals surface area contributed by atoms with Crippen LogP contribution >= 0.6 is 0 Å². The lowest BCUT2D eigenvalue weighted by atomic mass is 9.78. The van der Waals surface area contributed by atoms with Gasteiger partial charge in [0.1, 0.15) is 0 Å². The largest absolute Gasteiger partial charge is 0.493 e. The molecular formula is C31H34N2O3. The number of Topliss-reactive ketones (excluding diaryl/α,β-unsaturated/α-hetero) is 1. The molecule has 3 aromatic rings. The molecule has 0 radical (unpaired) electrons. The number of ketones is 1. The van der Waals surface area contributed by atoms with Crippen LogP contribution in [0.4, 0.5) is 11.4 Å². The van der Waals surface area contributed by atoms with Crippen LogP contribution in [0.5, 0.6) is 11.5 Å². The van der Waals surface area contributed by atoms with Gasteiger partial charge in [0, 0.05) is 17.7 Å². The van der Waals surface area contributed by atoms with E-state index in [0.717, 1.165) is 45.9 Å². The van der Waals surface area contributed by atoms with Gasteiger partial charge < -0.3 is 20.1 Å². The first kappa shape index (κ1) is 24.0. The number of ether oxygens (including phenoxy) is 2. The lowest BCUT2D eigenvalue weighted by Gasteiger charge is -2.30. The molecule has 5 nitrogen and oxygen atoms in total. The minimum atomic E-state index is -0.208. The van der Waals surface area contributed by atoms with Crippen molar-refractivity contribution in [3.05, 3.63) is 94.7 Å². The average molecular weight is 483 g/mol. The Morgan fingerprint density at radius 2 is 1.64 bits per heavy atom. The lowest BCUT2D eigenvalue weighted by molar-refractivity contribution is -0.116. The zero-order chi connectivity index (χ0) is 25.2. The van der Waals surface area contributed by atoms with Gasteiger partial charge >= 0.3 is 0 Å². The number of fused-ring (bicyclic) bond motifs is 1. The molecule has 0 saturated carbocycles. The van der Waals surface area contributed by atoms with Crippen molar-refractivity contribution in [2.45, 2.75) is 51.5 Å². The molecule has 0 spiro atoms. The number of carbonyl (C=O) groups excluding carboxylic acids is 1. The zero-order valence-electron chi connectivity index (χ0n) is 21.4. The van der Waals surface area contributed by atoms with Crippen molar-refractivity contribution < 1.29 is 14.3 Å². The molecule has 0 fully saturated rings. The van der Waals surface area contributed by atoms with Crippen LogP contribution in [0.3, 0.4) is 0 Å². The molecule has 5 rings (SSSR count). The predicted octanol–water partition coefficient (Wildman–Crippen LogP) is 7.20. The molecule has 3 aromatic carbocycles. The van der Waals surface area contributed by atoms with Gasteiger partial charge in [0.15, 0.2) is 17.3 Å². The molecule has 36 heavy (non-hydrogen) atoms. The van der Waals surface area contributed by atoms with Crippen LogP contribution in [-0.4, -0.2) is 19.5 Å². The number of benzene rings is 3. The van der Waals surface area contributed by atoms with Crippen LogP contribution < -0.4 is 20.1 Å². The van der Waals surface area contributed by atoms with Gasteiger partial charge in [-0.1, -0.05) is 56.3 Å². The fraction of sp³-hybridized carbons (Fsp3) is 0.323. The van der Waals surface area contributed by atoms with Crippen molar-refractivity contribution in [1.82, 2.24) is 0 Å². The summed E-state index contributed by atoms with van der Waals surface area (Å²) in [6, 6.07) is 22.6. The number of hydrogen-bond donors (Lipinski definition) is 2. The molecule has 2 aliphatic rings. The Bertz CT molecular complexity index is 1290. The van der Waals surface area contributed by atoms with Gasteiger partial charge in [0.2, 0.25) is 0 Å². The quantitative estimate of drug-likeness (QED) is 0.389. The summed E-state index contributed by atoms with van der Waals surface area (Å²) >= 11 is 0. The van der Waals surface area contributed by atoms with Gasteiger partial charge in [-0.15, -0.1) is 0 Å². The van der Waals surface area contributed by atoms with Crippen molar-refractivity contribution in [2.75, 3.05) is 24.4 Å². The number of anilines is 2. The molecule has 0 unspecified atom stereocenters. The number of hydrogen-bond acceptors (Lipinski definition) is 5. The fourth-order valence-electron chi connectivity index (χ4n) is 5.26. The van der Waals surface area contributed by atoms with E-state index < -0.39 is 0 Å². The molecule has 0 saturated heterocycles. The summed E-state index contributed by atoms with van der Waals surface area (Å²) < 4.78 is 11.3. The van der Waals surface area contributed by atoms with E-state index in [9.17, 15) is 4.79 Å². The molecule has 0 bridgehead atoms. The molecule has 0 aromatic heterocycles. The molecule has 186 valence electrons. The highest BCUT2D eigenvalue weighted by Gasteiger charge is 2.36. The highest BCUT2D eigenvalue weighted by atomic mass is 16.5. The summed E-state index contributed by atoms with van der Waals surface area (Å²) in [4.78, 5) is 13.8. The normalized spacial score (nSPS) is 19.1. The standard InChI is InChI=1S/C31H34N2O3/c1-5-36-28-15-14-22(18-29(28)35-4)23-16-26-30(27(34)17-23)31(21-12-10-20(11-13-21)19(2)3)33-25-9-7-6-8-24(25)32-26/h6-15,18-19,23,31-33H,5,16-17H2,1-4H3/t23-,31-/m1/s1. The van der Waals surface area contributed by atoms with E-state index in [4.69, 9.17) is 9.47 Å². The zero-order valence-corrected chi connectivity index (χ0v) is 21.4. The van der Waals surface area contributed by atoms with Gasteiger partial charge in [-0.05, 0) is 66.1 Å². The third-order valence-corrected chi connectivity index (χ3v) is 7.20. The summed E-state index contributed by atoms with van der Waals surface area (Å²) in [5, 5.41) is 7.29. The summed E-state index contributed by atoms with van der Waals surface area (Å²) in [6.07, 6.45) is 1.20. The van der Waals surface area contributed by atoms with Gasteiger partial charge in [-0.2, -0.15) is 0 Å².